The molecule has 4 heteroatoms. The normalized spacial score (nSPS) is 29.0. The molecule has 0 bridgehead atoms. The molecule has 0 radical (unpaired) electrons. The molecule has 2 fully saturated rings. The fourth-order valence-corrected chi connectivity index (χ4v) is 2.48. The number of carbonyl (C=O) groups is 1. The molecule has 98 valence electrons. The molecule has 3 N–H and O–H groups in total. The summed E-state index contributed by atoms with van der Waals surface area (Å²) >= 11 is 0. The van der Waals surface area contributed by atoms with Crippen LogP contribution in [0.1, 0.15) is 38.5 Å². The Labute approximate surface area is 103 Å². The zero-order valence-corrected chi connectivity index (χ0v) is 10.5. The highest BCUT2D eigenvalue weighted by atomic mass is 16.3. The number of aliphatic hydroxyl groups excluding tert-OH is 1. The van der Waals surface area contributed by atoms with Crippen molar-refractivity contribution in [2.75, 3.05) is 19.6 Å². The molecule has 17 heavy (non-hydrogen) atoms. The molecule has 0 heterocycles. The fourth-order valence-electron chi connectivity index (χ4n) is 2.48. The molecule has 2 aliphatic rings. The number of hydrogen-bond acceptors (Lipinski definition) is 3. The highest BCUT2D eigenvalue weighted by Gasteiger charge is 2.22. The Morgan fingerprint density at radius 3 is 2.65 bits per heavy atom. The molecule has 0 aliphatic heterocycles. The lowest BCUT2D eigenvalue weighted by Crippen LogP contribution is -2.38. The summed E-state index contributed by atoms with van der Waals surface area (Å²) in [4.78, 5) is 11.5. The lowest BCUT2D eigenvalue weighted by atomic mass is 9.87. The van der Waals surface area contributed by atoms with Crippen molar-refractivity contribution in [2.24, 2.45) is 11.8 Å². The van der Waals surface area contributed by atoms with Crippen molar-refractivity contribution in [1.29, 1.82) is 0 Å². The maximum absolute atomic E-state index is 11.5. The number of carbonyl (C=O) groups excluding carboxylic acids is 1. The molecule has 0 aromatic rings. The summed E-state index contributed by atoms with van der Waals surface area (Å²) in [5.74, 6) is 1.37. The van der Waals surface area contributed by atoms with Crippen LogP contribution in [0, 0.1) is 11.8 Å². The fraction of sp³-hybridized carbons (Fsp3) is 0.923. The highest BCUT2D eigenvalue weighted by molar-refractivity contribution is 5.77. The Morgan fingerprint density at radius 1 is 1.12 bits per heavy atom. The van der Waals surface area contributed by atoms with Gasteiger partial charge in [0.1, 0.15) is 0 Å². The van der Waals surface area contributed by atoms with Crippen LogP contribution in [0.5, 0.6) is 0 Å². The monoisotopic (exact) mass is 240 g/mol. The molecule has 4 nitrogen and oxygen atoms in total. The first kappa shape index (κ1) is 12.8. The highest BCUT2D eigenvalue weighted by Crippen LogP contribution is 2.27. The summed E-state index contributed by atoms with van der Waals surface area (Å²) in [5, 5.41) is 15.7. The minimum atomic E-state index is -0.154. The minimum absolute atomic E-state index is 0.0886. The second-order valence-corrected chi connectivity index (χ2v) is 5.56. The van der Waals surface area contributed by atoms with Crippen molar-refractivity contribution in [1.82, 2.24) is 10.6 Å². The third kappa shape index (κ3) is 5.04. The van der Waals surface area contributed by atoms with Crippen molar-refractivity contribution < 1.29 is 9.90 Å². The van der Waals surface area contributed by atoms with Crippen LogP contribution in [0.25, 0.3) is 0 Å². The maximum atomic E-state index is 11.5. The van der Waals surface area contributed by atoms with E-state index in [-0.39, 0.29) is 12.0 Å². The van der Waals surface area contributed by atoms with Crippen LogP contribution in [0.15, 0.2) is 0 Å². The largest absolute Gasteiger partial charge is 0.393 e. The van der Waals surface area contributed by atoms with Gasteiger partial charge < -0.3 is 15.7 Å². The predicted molar refractivity (Wildman–Crippen MR) is 66.6 cm³/mol. The Hall–Kier alpha value is -0.610. The number of hydrogen-bond donors (Lipinski definition) is 3. The zero-order valence-electron chi connectivity index (χ0n) is 10.5. The molecule has 0 saturated heterocycles. The number of amides is 1. The van der Waals surface area contributed by atoms with Crippen LogP contribution in [-0.4, -0.2) is 36.8 Å². The summed E-state index contributed by atoms with van der Waals surface area (Å²) in [6.45, 7) is 2.14. The van der Waals surface area contributed by atoms with Gasteiger partial charge in [0.15, 0.2) is 0 Å². The first-order chi connectivity index (χ1) is 8.24. The van der Waals surface area contributed by atoms with E-state index in [4.69, 9.17) is 0 Å². The van der Waals surface area contributed by atoms with Crippen molar-refractivity contribution in [2.45, 2.75) is 44.6 Å². The molecule has 2 saturated carbocycles. The van der Waals surface area contributed by atoms with E-state index >= 15 is 0 Å². The van der Waals surface area contributed by atoms with Gasteiger partial charge >= 0.3 is 0 Å². The van der Waals surface area contributed by atoms with Gasteiger partial charge in [-0.2, -0.15) is 0 Å². The molecule has 2 aliphatic carbocycles. The van der Waals surface area contributed by atoms with Gasteiger partial charge in [0.2, 0.25) is 5.91 Å². The van der Waals surface area contributed by atoms with Crippen LogP contribution in [0.2, 0.25) is 0 Å². The van der Waals surface area contributed by atoms with Gasteiger partial charge in [-0.25, -0.2) is 0 Å². The van der Waals surface area contributed by atoms with Gasteiger partial charge in [0.05, 0.1) is 12.6 Å². The van der Waals surface area contributed by atoms with Crippen LogP contribution in [0.3, 0.4) is 0 Å². The molecule has 0 aromatic carbocycles. The quantitative estimate of drug-likeness (QED) is 0.639. The number of nitrogens with one attached hydrogen (secondary N) is 2. The van der Waals surface area contributed by atoms with Gasteiger partial charge in [-0.1, -0.05) is 6.42 Å². The SMILES string of the molecule is O=C(CNCC1CC1)NCC1CCCC(O)C1. The van der Waals surface area contributed by atoms with Crippen LogP contribution in [0.4, 0.5) is 0 Å². The van der Waals surface area contributed by atoms with Crippen molar-refractivity contribution in [3.8, 4) is 0 Å². The van der Waals surface area contributed by atoms with E-state index in [2.05, 4.69) is 10.6 Å². The molecule has 0 aromatic heterocycles. The summed E-state index contributed by atoms with van der Waals surface area (Å²) in [6.07, 6.45) is 6.46. The van der Waals surface area contributed by atoms with Gasteiger partial charge in [0, 0.05) is 6.54 Å². The van der Waals surface area contributed by atoms with Gasteiger partial charge in [0.25, 0.3) is 0 Å². The van der Waals surface area contributed by atoms with E-state index in [1.54, 1.807) is 0 Å². The van der Waals surface area contributed by atoms with E-state index < -0.39 is 0 Å². The van der Waals surface area contributed by atoms with Crippen LogP contribution < -0.4 is 10.6 Å². The average molecular weight is 240 g/mol. The molecule has 1 amide bonds. The third-order valence-electron chi connectivity index (χ3n) is 3.76. The summed E-state index contributed by atoms with van der Waals surface area (Å²) in [6, 6.07) is 0. The second kappa shape index (κ2) is 6.36. The molecule has 2 atom stereocenters. The van der Waals surface area contributed by atoms with Crippen LogP contribution >= 0.6 is 0 Å². The van der Waals surface area contributed by atoms with E-state index in [0.717, 1.165) is 44.7 Å². The lowest BCUT2D eigenvalue weighted by molar-refractivity contribution is -0.120. The molecule has 0 spiro atoms. The van der Waals surface area contributed by atoms with Crippen molar-refractivity contribution >= 4 is 5.91 Å². The molecular formula is C13H24N2O2. The lowest BCUT2D eigenvalue weighted by Gasteiger charge is -2.25. The summed E-state index contributed by atoms with van der Waals surface area (Å²) < 4.78 is 0. The Morgan fingerprint density at radius 2 is 1.94 bits per heavy atom. The second-order valence-electron chi connectivity index (χ2n) is 5.56. The minimum Gasteiger partial charge on any atom is -0.393 e. The van der Waals surface area contributed by atoms with Crippen molar-refractivity contribution in [3.63, 3.8) is 0 Å². The summed E-state index contributed by atoms with van der Waals surface area (Å²) in [5.41, 5.74) is 0. The number of rotatable bonds is 6. The summed E-state index contributed by atoms with van der Waals surface area (Å²) in [7, 11) is 0. The average Bonchev–Trinajstić information content (AvgIpc) is 3.11. The third-order valence-corrected chi connectivity index (χ3v) is 3.76. The van der Waals surface area contributed by atoms with E-state index in [9.17, 15) is 9.90 Å². The standard InChI is InChI=1S/C13H24N2O2/c16-12-3-1-2-11(6-12)8-15-13(17)9-14-7-10-4-5-10/h10-12,14,16H,1-9H2,(H,15,17). The smallest absolute Gasteiger partial charge is 0.233 e. The van der Waals surface area contributed by atoms with E-state index in [0.29, 0.717) is 12.5 Å². The first-order valence-electron chi connectivity index (χ1n) is 6.89. The topological polar surface area (TPSA) is 61.4 Å². The predicted octanol–water partition coefficient (Wildman–Crippen LogP) is 0.653. The Kier molecular flexibility index (Phi) is 4.80. The van der Waals surface area contributed by atoms with Crippen molar-refractivity contribution in [3.05, 3.63) is 0 Å². The first-order valence-corrected chi connectivity index (χ1v) is 6.89. The van der Waals surface area contributed by atoms with Crippen LogP contribution in [-0.2, 0) is 4.79 Å². The Bertz CT molecular complexity index is 254. The van der Waals surface area contributed by atoms with Gasteiger partial charge in [-0.3, -0.25) is 4.79 Å². The number of aliphatic hydroxyl groups is 1. The molecule has 2 unspecified atom stereocenters. The van der Waals surface area contributed by atoms with E-state index in [1.165, 1.54) is 12.8 Å². The maximum Gasteiger partial charge on any atom is 0.233 e. The Balaban J connectivity index is 1.52. The molecular weight excluding hydrogens is 216 g/mol. The zero-order chi connectivity index (χ0) is 12.1. The molecule has 2 rings (SSSR count). The van der Waals surface area contributed by atoms with E-state index in [1.807, 2.05) is 0 Å². The van der Waals surface area contributed by atoms with Gasteiger partial charge in [-0.05, 0) is 50.5 Å². The van der Waals surface area contributed by atoms with Gasteiger partial charge in [-0.15, -0.1) is 0 Å².